The fourth-order valence-corrected chi connectivity index (χ4v) is 3.36. The van der Waals surface area contributed by atoms with Gasteiger partial charge in [-0.2, -0.15) is 5.10 Å². The zero-order chi connectivity index (χ0) is 17.4. The summed E-state index contributed by atoms with van der Waals surface area (Å²) < 4.78 is 4.30. The molecule has 1 aliphatic heterocycles. The molecule has 0 saturated heterocycles. The number of carbonyl (C=O) groups excluding carboxylic acids is 1. The van der Waals surface area contributed by atoms with Gasteiger partial charge in [-0.1, -0.05) is 0 Å². The van der Waals surface area contributed by atoms with Crippen molar-refractivity contribution in [2.75, 3.05) is 0 Å². The van der Waals surface area contributed by atoms with Crippen LogP contribution in [-0.2, 0) is 6.54 Å². The number of nitrogens with one attached hydrogen (secondary N) is 1. The van der Waals surface area contributed by atoms with Gasteiger partial charge in [0.15, 0.2) is 0 Å². The molecule has 1 N–H and O–H groups in total. The number of hydrazone groups is 1. The van der Waals surface area contributed by atoms with Crippen LogP contribution in [0.5, 0.6) is 0 Å². The van der Waals surface area contributed by atoms with E-state index in [-0.39, 0.29) is 5.91 Å². The van der Waals surface area contributed by atoms with Gasteiger partial charge in [0.25, 0.3) is 5.91 Å². The number of nitrogens with zero attached hydrogens (tertiary/aromatic N) is 3. The van der Waals surface area contributed by atoms with E-state index in [1.807, 2.05) is 42.6 Å². The predicted octanol–water partition coefficient (Wildman–Crippen LogP) is 3.43. The third kappa shape index (κ3) is 2.78. The Balaban J connectivity index is 1.50. The third-order valence-electron chi connectivity index (χ3n) is 4.67. The quantitative estimate of drug-likeness (QED) is 0.734. The first-order valence-corrected chi connectivity index (χ1v) is 8.41. The van der Waals surface area contributed by atoms with E-state index in [0.29, 0.717) is 5.56 Å². The second kappa shape index (κ2) is 6.09. The van der Waals surface area contributed by atoms with Crippen LogP contribution < -0.4 is 5.43 Å². The van der Waals surface area contributed by atoms with E-state index in [9.17, 15) is 4.79 Å². The van der Waals surface area contributed by atoms with Crippen LogP contribution in [0, 0.1) is 13.8 Å². The van der Waals surface area contributed by atoms with E-state index >= 15 is 0 Å². The molecule has 3 aromatic rings. The van der Waals surface area contributed by atoms with Crippen LogP contribution >= 0.6 is 0 Å². The van der Waals surface area contributed by atoms with Crippen LogP contribution in [0.15, 0.2) is 59.8 Å². The Bertz CT molecular complexity index is 941. The molecule has 1 amide bonds. The summed E-state index contributed by atoms with van der Waals surface area (Å²) in [4.78, 5) is 12.4. The van der Waals surface area contributed by atoms with Crippen molar-refractivity contribution in [1.82, 2.24) is 14.6 Å². The number of benzene rings is 1. The maximum atomic E-state index is 12.4. The van der Waals surface area contributed by atoms with Crippen LogP contribution in [0.25, 0.3) is 5.69 Å². The number of hydrogen-bond acceptors (Lipinski definition) is 2. The van der Waals surface area contributed by atoms with Gasteiger partial charge in [-0.3, -0.25) is 4.79 Å². The average molecular weight is 332 g/mol. The smallest absolute Gasteiger partial charge is 0.271 e. The molecule has 2 aromatic heterocycles. The average Bonchev–Trinajstić information content (AvgIpc) is 3.30. The Labute approximate surface area is 146 Å². The highest BCUT2D eigenvalue weighted by atomic mass is 16.2. The molecule has 3 heterocycles. The maximum Gasteiger partial charge on any atom is 0.271 e. The number of fused-ring (bicyclic) bond motifs is 1. The lowest BCUT2D eigenvalue weighted by molar-refractivity contribution is 0.0955. The van der Waals surface area contributed by atoms with Crippen molar-refractivity contribution < 1.29 is 4.79 Å². The lowest BCUT2D eigenvalue weighted by Crippen LogP contribution is -2.19. The Morgan fingerprint density at radius 1 is 1.04 bits per heavy atom. The molecule has 4 rings (SSSR count). The molecule has 0 saturated carbocycles. The van der Waals surface area contributed by atoms with Crippen molar-refractivity contribution in [3.63, 3.8) is 0 Å². The standard InChI is InChI=1S/C20H20N4O/c1-14-5-6-15(2)24(14)17-9-7-16(8-10-17)20(25)22-21-18-11-13-23-12-3-4-19(18)23/h3-10,12H,11,13H2,1-2H3,(H,22,25). The molecule has 0 spiro atoms. The molecule has 0 unspecified atom stereocenters. The molecule has 0 bridgehead atoms. The molecule has 1 aromatic carbocycles. The van der Waals surface area contributed by atoms with Crippen molar-refractivity contribution in [2.45, 2.75) is 26.8 Å². The van der Waals surface area contributed by atoms with Crippen LogP contribution in [0.2, 0.25) is 0 Å². The van der Waals surface area contributed by atoms with Gasteiger partial charge in [0.2, 0.25) is 0 Å². The number of rotatable bonds is 3. The molecular weight excluding hydrogens is 312 g/mol. The third-order valence-corrected chi connectivity index (χ3v) is 4.67. The predicted molar refractivity (Wildman–Crippen MR) is 98.3 cm³/mol. The molecule has 0 atom stereocenters. The van der Waals surface area contributed by atoms with E-state index in [2.05, 4.69) is 45.6 Å². The summed E-state index contributed by atoms with van der Waals surface area (Å²) in [6.45, 7) is 5.06. The number of carbonyl (C=O) groups is 1. The van der Waals surface area contributed by atoms with Crippen LogP contribution in [0.1, 0.15) is 33.9 Å². The number of hydrogen-bond donors (Lipinski definition) is 1. The lowest BCUT2D eigenvalue weighted by Gasteiger charge is -2.10. The first-order chi connectivity index (χ1) is 12.1. The highest BCUT2D eigenvalue weighted by Gasteiger charge is 2.17. The first kappa shape index (κ1) is 15.4. The molecule has 0 aliphatic carbocycles. The van der Waals surface area contributed by atoms with Gasteiger partial charge in [0.1, 0.15) is 0 Å². The Hall–Kier alpha value is -3.08. The molecule has 5 heteroatoms. The fraction of sp³-hybridized carbons (Fsp3) is 0.200. The summed E-state index contributed by atoms with van der Waals surface area (Å²) in [5, 5.41) is 4.30. The van der Waals surface area contributed by atoms with E-state index in [0.717, 1.165) is 30.1 Å². The summed E-state index contributed by atoms with van der Waals surface area (Å²) in [5.41, 5.74) is 8.68. The summed E-state index contributed by atoms with van der Waals surface area (Å²) in [7, 11) is 0. The highest BCUT2D eigenvalue weighted by molar-refractivity contribution is 6.02. The van der Waals surface area contributed by atoms with Gasteiger partial charge in [-0.25, -0.2) is 5.43 Å². The Morgan fingerprint density at radius 3 is 2.48 bits per heavy atom. The zero-order valence-electron chi connectivity index (χ0n) is 14.4. The second-order valence-electron chi connectivity index (χ2n) is 6.33. The summed E-state index contributed by atoms with van der Waals surface area (Å²) >= 11 is 0. The normalized spacial score (nSPS) is 14.7. The number of aryl methyl sites for hydroxylation is 3. The second-order valence-corrected chi connectivity index (χ2v) is 6.33. The molecular formula is C20H20N4O. The van der Waals surface area contributed by atoms with Gasteiger partial charge >= 0.3 is 0 Å². The van der Waals surface area contributed by atoms with Gasteiger partial charge < -0.3 is 9.13 Å². The Kier molecular flexibility index (Phi) is 3.76. The van der Waals surface area contributed by atoms with Crippen molar-refractivity contribution in [2.24, 2.45) is 5.10 Å². The molecule has 5 nitrogen and oxygen atoms in total. The highest BCUT2D eigenvalue weighted by Crippen LogP contribution is 2.17. The van der Waals surface area contributed by atoms with Crippen molar-refractivity contribution in [3.05, 3.63) is 77.4 Å². The van der Waals surface area contributed by atoms with Crippen LogP contribution in [0.4, 0.5) is 0 Å². The van der Waals surface area contributed by atoms with E-state index in [4.69, 9.17) is 0 Å². The van der Waals surface area contributed by atoms with E-state index in [1.54, 1.807) is 0 Å². The van der Waals surface area contributed by atoms with E-state index < -0.39 is 0 Å². The van der Waals surface area contributed by atoms with Crippen LogP contribution in [-0.4, -0.2) is 20.8 Å². The number of amides is 1. The van der Waals surface area contributed by atoms with E-state index in [1.165, 1.54) is 11.4 Å². The fourth-order valence-electron chi connectivity index (χ4n) is 3.36. The number of aromatic nitrogens is 2. The summed E-state index contributed by atoms with van der Waals surface area (Å²) in [6, 6.07) is 15.8. The molecule has 126 valence electrons. The van der Waals surface area contributed by atoms with Gasteiger partial charge in [-0.05, 0) is 62.4 Å². The van der Waals surface area contributed by atoms with Crippen molar-refractivity contribution in [3.8, 4) is 5.69 Å². The monoisotopic (exact) mass is 332 g/mol. The summed E-state index contributed by atoms with van der Waals surface area (Å²) in [6.07, 6.45) is 2.88. The SMILES string of the molecule is Cc1ccc(C)n1-c1ccc(C(=O)NN=C2CCn3cccc32)cc1. The lowest BCUT2D eigenvalue weighted by atomic mass is 10.2. The maximum absolute atomic E-state index is 12.4. The van der Waals surface area contributed by atoms with Crippen LogP contribution in [0.3, 0.4) is 0 Å². The van der Waals surface area contributed by atoms with Crippen molar-refractivity contribution >= 4 is 11.6 Å². The van der Waals surface area contributed by atoms with Gasteiger partial charge in [0, 0.05) is 41.8 Å². The topological polar surface area (TPSA) is 51.3 Å². The molecule has 0 fully saturated rings. The molecule has 25 heavy (non-hydrogen) atoms. The summed E-state index contributed by atoms with van der Waals surface area (Å²) in [5.74, 6) is -0.190. The minimum atomic E-state index is -0.190. The molecule has 1 aliphatic rings. The minimum absolute atomic E-state index is 0.190. The van der Waals surface area contributed by atoms with Gasteiger partial charge in [0.05, 0.1) is 11.4 Å². The zero-order valence-corrected chi connectivity index (χ0v) is 14.4. The van der Waals surface area contributed by atoms with Gasteiger partial charge in [-0.15, -0.1) is 0 Å². The molecule has 0 radical (unpaired) electrons. The Morgan fingerprint density at radius 2 is 1.76 bits per heavy atom. The first-order valence-electron chi connectivity index (χ1n) is 8.41. The largest absolute Gasteiger partial charge is 0.346 e. The van der Waals surface area contributed by atoms with Crippen molar-refractivity contribution in [1.29, 1.82) is 0 Å². The minimum Gasteiger partial charge on any atom is -0.346 e.